The lowest BCUT2D eigenvalue weighted by Crippen LogP contribution is -2.51. The summed E-state index contributed by atoms with van der Waals surface area (Å²) in [6, 6.07) is 22.1. The van der Waals surface area contributed by atoms with Crippen molar-refractivity contribution < 1.29 is 9.59 Å². The highest BCUT2D eigenvalue weighted by Gasteiger charge is 2.37. The van der Waals surface area contributed by atoms with Crippen LogP contribution in [0.3, 0.4) is 0 Å². The summed E-state index contributed by atoms with van der Waals surface area (Å²) in [5, 5.41) is 0. The highest BCUT2D eigenvalue weighted by Crippen LogP contribution is 2.25. The van der Waals surface area contributed by atoms with E-state index in [1.54, 1.807) is 0 Å². The van der Waals surface area contributed by atoms with Gasteiger partial charge in [0, 0.05) is 57.3 Å². The molecule has 2 fully saturated rings. The van der Waals surface area contributed by atoms with Crippen LogP contribution < -0.4 is 4.90 Å². The van der Waals surface area contributed by atoms with E-state index >= 15 is 0 Å². The minimum Gasteiger partial charge on any atom is -0.353 e. The Morgan fingerprint density at radius 2 is 1.62 bits per heavy atom. The summed E-state index contributed by atoms with van der Waals surface area (Å²) in [4.78, 5) is 40.9. The van der Waals surface area contributed by atoms with E-state index in [9.17, 15) is 9.59 Å². The van der Waals surface area contributed by atoms with Gasteiger partial charge in [-0.05, 0) is 12.5 Å². The second-order valence-electron chi connectivity index (χ2n) is 9.00. The highest BCUT2D eigenvalue weighted by molar-refractivity contribution is 5.89. The first-order chi connectivity index (χ1) is 16.6. The number of hydrogen-bond acceptors (Lipinski definition) is 5. The van der Waals surface area contributed by atoms with Crippen molar-refractivity contribution in [3.8, 4) is 11.3 Å². The van der Waals surface area contributed by atoms with Gasteiger partial charge in [-0.3, -0.25) is 9.59 Å². The van der Waals surface area contributed by atoms with Gasteiger partial charge in [0.05, 0.1) is 11.6 Å². The summed E-state index contributed by atoms with van der Waals surface area (Å²) in [5.41, 5.74) is 3.06. The number of aryl methyl sites for hydroxylation is 1. The van der Waals surface area contributed by atoms with Gasteiger partial charge < -0.3 is 14.7 Å². The van der Waals surface area contributed by atoms with E-state index in [2.05, 4.69) is 14.9 Å². The van der Waals surface area contributed by atoms with Crippen molar-refractivity contribution in [1.82, 2.24) is 19.8 Å². The summed E-state index contributed by atoms with van der Waals surface area (Å²) < 4.78 is 0. The number of anilines is 1. The average Bonchev–Trinajstić information content (AvgIpc) is 3.24. The minimum absolute atomic E-state index is 0.0609. The highest BCUT2D eigenvalue weighted by atomic mass is 16.2. The van der Waals surface area contributed by atoms with Crippen molar-refractivity contribution in [3.05, 3.63) is 78.1 Å². The molecule has 2 aliphatic heterocycles. The van der Waals surface area contributed by atoms with Crippen LogP contribution in [0.15, 0.2) is 66.7 Å². The molecule has 3 heterocycles. The van der Waals surface area contributed by atoms with E-state index in [-0.39, 0.29) is 17.7 Å². The zero-order valence-corrected chi connectivity index (χ0v) is 19.4. The standard InChI is InChI=1S/C27H29N5O2/c1-20-28-24(22-10-6-3-7-11-22)17-25(29-20)30-12-14-31(15-13-30)27(34)23-16-26(33)32(19-23)18-21-8-4-2-5-9-21/h2-11,17,23H,12-16,18-19H2,1H3. The third-order valence-electron chi connectivity index (χ3n) is 6.59. The van der Waals surface area contributed by atoms with Crippen LogP contribution >= 0.6 is 0 Å². The molecule has 5 rings (SSSR count). The number of amides is 2. The molecule has 7 nitrogen and oxygen atoms in total. The molecule has 2 saturated heterocycles. The number of aromatic nitrogens is 2. The number of carbonyl (C=O) groups excluding carboxylic acids is 2. The van der Waals surface area contributed by atoms with Crippen LogP contribution in [-0.2, 0) is 16.1 Å². The third kappa shape index (κ3) is 4.78. The number of hydrogen-bond donors (Lipinski definition) is 0. The first kappa shape index (κ1) is 22.1. The Hall–Kier alpha value is -3.74. The normalized spacial score (nSPS) is 18.4. The van der Waals surface area contributed by atoms with E-state index in [0.29, 0.717) is 45.7 Å². The summed E-state index contributed by atoms with van der Waals surface area (Å²) in [7, 11) is 0. The van der Waals surface area contributed by atoms with Crippen LogP contribution in [-0.4, -0.2) is 64.3 Å². The van der Waals surface area contributed by atoms with Crippen LogP contribution in [0.25, 0.3) is 11.3 Å². The van der Waals surface area contributed by atoms with E-state index in [1.165, 1.54) is 0 Å². The Morgan fingerprint density at radius 1 is 0.941 bits per heavy atom. The molecule has 1 atom stereocenters. The number of carbonyl (C=O) groups is 2. The van der Waals surface area contributed by atoms with Gasteiger partial charge in [-0.15, -0.1) is 0 Å². The quantitative estimate of drug-likeness (QED) is 0.591. The van der Waals surface area contributed by atoms with Crippen molar-refractivity contribution >= 4 is 17.6 Å². The van der Waals surface area contributed by atoms with Crippen LogP contribution in [0, 0.1) is 12.8 Å². The second kappa shape index (κ2) is 9.63. The topological polar surface area (TPSA) is 69.6 Å². The number of likely N-dealkylation sites (tertiary alicyclic amines) is 1. The fraction of sp³-hybridized carbons (Fsp3) is 0.333. The summed E-state index contributed by atoms with van der Waals surface area (Å²) in [5.74, 6) is 1.52. The predicted octanol–water partition coefficient (Wildman–Crippen LogP) is 3.15. The monoisotopic (exact) mass is 455 g/mol. The molecule has 3 aromatic rings. The van der Waals surface area contributed by atoms with Gasteiger partial charge in [-0.1, -0.05) is 60.7 Å². The average molecular weight is 456 g/mol. The summed E-state index contributed by atoms with van der Waals surface area (Å²) in [6.07, 6.45) is 0.303. The lowest BCUT2D eigenvalue weighted by atomic mass is 10.1. The maximum atomic E-state index is 13.2. The number of piperazine rings is 1. The van der Waals surface area contributed by atoms with Crippen molar-refractivity contribution in [1.29, 1.82) is 0 Å². The van der Waals surface area contributed by atoms with Gasteiger partial charge in [-0.25, -0.2) is 9.97 Å². The zero-order chi connectivity index (χ0) is 23.5. The van der Waals surface area contributed by atoms with Crippen molar-refractivity contribution in [2.24, 2.45) is 5.92 Å². The van der Waals surface area contributed by atoms with E-state index < -0.39 is 0 Å². The molecule has 0 N–H and O–H groups in total. The van der Waals surface area contributed by atoms with Crippen LogP contribution in [0.4, 0.5) is 5.82 Å². The van der Waals surface area contributed by atoms with Gasteiger partial charge in [0.1, 0.15) is 11.6 Å². The fourth-order valence-corrected chi connectivity index (χ4v) is 4.78. The Balaban J connectivity index is 1.20. The molecule has 0 bridgehead atoms. The Bertz CT molecular complexity index is 1160. The molecule has 1 aromatic heterocycles. The third-order valence-corrected chi connectivity index (χ3v) is 6.59. The Kier molecular flexibility index (Phi) is 6.25. The molecule has 1 unspecified atom stereocenters. The molecule has 2 aromatic carbocycles. The number of rotatable bonds is 5. The van der Waals surface area contributed by atoms with E-state index in [0.717, 1.165) is 28.5 Å². The molecular weight excluding hydrogens is 426 g/mol. The molecule has 174 valence electrons. The van der Waals surface area contributed by atoms with Crippen LogP contribution in [0.1, 0.15) is 17.8 Å². The summed E-state index contributed by atoms with van der Waals surface area (Å²) in [6.45, 7) is 5.66. The molecule has 7 heteroatoms. The first-order valence-electron chi connectivity index (χ1n) is 11.8. The van der Waals surface area contributed by atoms with Crippen LogP contribution in [0.2, 0.25) is 0 Å². The zero-order valence-electron chi connectivity index (χ0n) is 19.4. The predicted molar refractivity (Wildman–Crippen MR) is 131 cm³/mol. The lowest BCUT2D eigenvalue weighted by Gasteiger charge is -2.36. The van der Waals surface area contributed by atoms with Gasteiger partial charge in [0.25, 0.3) is 0 Å². The molecule has 0 aliphatic carbocycles. The molecule has 0 radical (unpaired) electrons. The van der Waals surface area contributed by atoms with Gasteiger partial charge in [0.2, 0.25) is 11.8 Å². The van der Waals surface area contributed by atoms with E-state index in [4.69, 9.17) is 0 Å². The van der Waals surface area contributed by atoms with Crippen LogP contribution in [0.5, 0.6) is 0 Å². The molecule has 2 amide bonds. The SMILES string of the molecule is Cc1nc(-c2ccccc2)cc(N2CCN(C(=O)C3CC(=O)N(Cc4ccccc4)C3)CC2)n1. The number of nitrogens with zero attached hydrogens (tertiary/aromatic N) is 5. The molecule has 0 spiro atoms. The maximum absolute atomic E-state index is 13.2. The molecule has 34 heavy (non-hydrogen) atoms. The van der Waals surface area contributed by atoms with Crippen molar-refractivity contribution in [2.75, 3.05) is 37.6 Å². The van der Waals surface area contributed by atoms with E-state index in [1.807, 2.05) is 83.5 Å². The molecular formula is C27H29N5O2. The largest absolute Gasteiger partial charge is 0.353 e. The Labute approximate surface area is 200 Å². The lowest BCUT2D eigenvalue weighted by molar-refractivity contribution is -0.136. The van der Waals surface area contributed by atoms with Gasteiger partial charge >= 0.3 is 0 Å². The second-order valence-corrected chi connectivity index (χ2v) is 9.00. The maximum Gasteiger partial charge on any atom is 0.228 e. The molecule has 2 aliphatic rings. The van der Waals surface area contributed by atoms with Crippen molar-refractivity contribution in [3.63, 3.8) is 0 Å². The fourth-order valence-electron chi connectivity index (χ4n) is 4.78. The molecule has 0 saturated carbocycles. The number of benzene rings is 2. The first-order valence-corrected chi connectivity index (χ1v) is 11.8. The Morgan fingerprint density at radius 3 is 2.32 bits per heavy atom. The smallest absolute Gasteiger partial charge is 0.228 e. The van der Waals surface area contributed by atoms with Crippen molar-refractivity contribution in [2.45, 2.75) is 19.9 Å². The summed E-state index contributed by atoms with van der Waals surface area (Å²) >= 11 is 0. The minimum atomic E-state index is -0.256. The van der Waals surface area contributed by atoms with Gasteiger partial charge in [-0.2, -0.15) is 0 Å². The van der Waals surface area contributed by atoms with Gasteiger partial charge in [0.15, 0.2) is 0 Å².